The van der Waals surface area contributed by atoms with Crippen molar-refractivity contribution < 1.29 is 23.9 Å². The van der Waals surface area contributed by atoms with Gasteiger partial charge in [0.05, 0.1) is 23.4 Å². The van der Waals surface area contributed by atoms with Gasteiger partial charge in [-0.1, -0.05) is 24.3 Å². The van der Waals surface area contributed by atoms with Crippen molar-refractivity contribution in [3.8, 4) is 5.75 Å². The highest BCUT2D eigenvalue weighted by Crippen LogP contribution is 2.56. The van der Waals surface area contributed by atoms with Gasteiger partial charge in [0.2, 0.25) is 17.7 Å². The molecule has 4 fully saturated rings. The van der Waals surface area contributed by atoms with Gasteiger partial charge in [0, 0.05) is 24.7 Å². The van der Waals surface area contributed by atoms with E-state index in [1.54, 1.807) is 29.2 Å². The molecule has 7 nitrogen and oxygen atoms in total. The highest BCUT2D eigenvalue weighted by Gasteiger charge is 2.61. The first-order valence-electron chi connectivity index (χ1n) is 12.4. The minimum Gasteiger partial charge on any atom is -0.426 e. The van der Waals surface area contributed by atoms with Crippen molar-refractivity contribution in [2.24, 2.45) is 29.6 Å². The molecule has 180 valence electrons. The Hall–Kier alpha value is -3.48. The van der Waals surface area contributed by atoms with E-state index in [1.807, 2.05) is 32.0 Å². The van der Waals surface area contributed by atoms with Gasteiger partial charge in [0.15, 0.2) is 0 Å². The molecule has 2 aliphatic carbocycles. The minimum absolute atomic E-state index is 0.0849. The van der Waals surface area contributed by atoms with Gasteiger partial charge < -0.3 is 9.64 Å². The average molecular weight is 473 g/mol. The predicted octanol–water partition coefficient (Wildman–Crippen LogP) is 3.80. The van der Waals surface area contributed by atoms with E-state index in [4.69, 9.17) is 4.74 Å². The zero-order chi connectivity index (χ0) is 24.4. The van der Waals surface area contributed by atoms with E-state index in [-0.39, 0.29) is 48.3 Å². The number of imide groups is 1. The number of benzene rings is 2. The van der Waals surface area contributed by atoms with Gasteiger partial charge in [-0.25, -0.2) is 4.90 Å². The Morgan fingerprint density at radius 3 is 2.20 bits per heavy atom. The van der Waals surface area contributed by atoms with Crippen LogP contribution in [0.3, 0.4) is 0 Å². The van der Waals surface area contributed by atoms with Crippen LogP contribution in [-0.4, -0.2) is 30.2 Å². The lowest BCUT2D eigenvalue weighted by atomic mass is 9.81. The average Bonchev–Trinajstić information content (AvgIpc) is 3.58. The number of hydrogen-bond donors (Lipinski definition) is 0. The van der Waals surface area contributed by atoms with Gasteiger partial charge in [0.25, 0.3) is 0 Å². The lowest BCUT2D eigenvalue weighted by Gasteiger charge is -2.21. The molecule has 2 aromatic carbocycles. The third-order valence-electron chi connectivity index (χ3n) is 8.39. The molecular formula is C28H28N2O5. The van der Waals surface area contributed by atoms with Gasteiger partial charge in [-0.05, 0) is 68.2 Å². The summed E-state index contributed by atoms with van der Waals surface area (Å²) >= 11 is 0. The molecule has 0 radical (unpaired) electrons. The first-order chi connectivity index (χ1) is 16.8. The van der Waals surface area contributed by atoms with Gasteiger partial charge in [-0.2, -0.15) is 0 Å². The van der Waals surface area contributed by atoms with Gasteiger partial charge in [0.1, 0.15) is 5.75 Å². The monoisotopic (exact) mass is 472 g/mol. The molecule has 35 heavy (non-hydrogen) atoms. The van der Waals surface area contributed by atoms with Crippen LogP contribution >= 0.6 is 0 Å². The summed E-state index contributed by atoms with van der Waals surface area (Å²) in [4.78, 5) is 55.0. The summed E-state index contributed by atoms with van der Waals surface area (Å²) in [5.41, 5.74) is 3.26. The van der Waals surface area contributed by atoms with Crippen LogP contribution in [0.5, 0.6) is 5.75 Å². The number of esters is 1. The number of aryl methyl sites for hydroxylation is 2. The number of ether oxygens (including phenoxy) is 1. The molecule has 2 aliphatic heterocycles. The van der Waals surface area contributed by atoms with Crippen molar-refractivity contribution in [1.29, 1.82) is 0 Å². The van der Waals surface area contributed by atoms with Gasteiger partial charge in [-0.3, -0.25) is 19.2 Å². The largest absolute Gasteiger partial charge is 0.426 e. The maximum Gasteiger partial charge on any atom is 0.316 e. The molecule has 7 heteroatoms. The fourth-order valence-corrected chi connectivity index (χ4v) is 6.86. The van der Waals surface area contributed by atoms with E-state index in [0.717, 1.165) is 36.1 Å². The Morgan fingerprint density at radius 1 is 0.914 bits per heavy atom. The third kappa shape index (κ3) is 3.39. The second-order valence-corrected chi connectivity index (χ2v) is 10.5. The Kier molecular flexibility index (Phi) is 5.06. The van der Waals surface area contributed by atoms with Crippen LogP contribution in [0.1, 0.15) is 36.8 Å². The lowest BCUT2D eigenvalue weighted by molar-refractivity contribution is -0.139. The van der Waals surface area contributed by atoms with Crippen molar-refractivity contribution in [1.82, 2.24) is 0 Å². The molecule has 3 amide bonds. The van der Waals surface area contributed by atoms with E-state index in [2.05, 4.69) is 0 Å². The van der Waals surface area contributed by atoms with E-state index in [0.29, 0.717) is 17.5 Å². The number of carbonyl (C=O) groups is 4. The summed E-state index contributed by atoms with van der Waals surface area (Å²) in [6.45, 7) is 4.17. The molecule has 0 aromatic heterocycles. The van der Waals surface area contributed by atoms with Gasteiger partial charge >= 0.3 is 5.97 Å². The van der Waals surface area contributed by atoms with E-state index < -0.39 is 11.9 Å². The summed E-state index contributed by atoms with van der Waals surface area (Å²) in [5.74, 6) is -0.935. The molecule has 5 atom stereocenters. The topological polar surface area (TPSA) is 84.0 Å². The van der Waals surface area contributed by atoms with Crippen LogP contribution in [0, 0.1) is 43.4 Å². The Morgan fingerprint density at radius 2 is 1.54 bits per heavy atom. The van der Waals surface area contributed by atoms with Crippen molar-refractivity contribution in [2.45, 2.75) is 39.5 Å². The van der Waals surface area contributed by atoms with Crippen LogP contribution in [0.4, 0.5) is 11.4 Å². The van der Waals surface area contributed by atoms with Crippen LogP contribution in [-0.2, 0) is 19.2 Å². The predicted molar refractivity (Wildman–Crippen MR) is 129 cm³/mol. The summed E-state index contributed by atoms with van der Waals surface area (Å²) in [6.07, 6.45) is 3.12. The number of rotatable bonds is 4. The summed E-state index contributed by atoms with van der Waals surface area (Å²) in [6, 6.07) is 12.5. The first-order valence-corrected chi connectivity index (χ1v) is 12.4. The highest BCUT2D eigenvalue weighted by molar-refractivity contribution is 6.22. The van der Waals surface area contributed by atoms with Crippen LogP contribution < -0.4 is 14.5 Å². The molecule has 0 N–H and O–H groups in total. The molecule has 2 saturated carbocycles. The van der Waals surface area contributed by atoms with Crippen LogP contribution in [0.2, 0.25) is 0 Å². The summed E-state index contributed by atoms with van der Waals surface area (Å²) in [7, 11) is 0. The van der Waals surface area contributed by atoms with Crippen molar-refractivity contribution >= 4 is 35.1 Å². The molecule has 4 aliphatic rings. The summed E-state index contributed by atoms with van der Waals surface area (Å²) in [5, 5.41) is 0. The molecule has 2 aromatic rings. The fourth-order valence-electron chi connectivity index (χ4n) is 6.86. The van der Waals surface area contributed by atoms with E-state index in [9.17, 15) is 19.2 Å². The molecular weight excluding hydrogens is 444 g/mol. The fraction of sp³-hybridized carbons (Fsp3) is 0.429. The van der Waals surface area contributed by atoms with Crippen molar-refractivity contribution in [3.63, 3.8) is 0 Å². The molecule has 2 bridgehead atoms. The number of para-hydroxylation sites is 1. The SMILES string of the molecule is Cc1cccc(C)c1N1C[C@H](C(=O)Oc2cccc(N3C(=O)[C@@H]4[C@H]5CC[C@@H](C5)[C@H]4C3=O)c2)CC1=O. The number of fused-ring (bicyclic) bond motifs is 5. The molecule has 2 heterocycles. The maximum absolute atomic E-state index is 13.1. The smallest absolute Gasteiger partial charge is 0.316 e. The highest BCUT2D eigenvalue weighted by atomic mass is 16.5. The minimum atomic E-state index is -0.588. The quantitative estimate of drug-likeness (QED) is 0.384. The lowest BCUT2D eigenvalue weighted by Crippen LogP contribution is -2.32. The van der Waals surface area contributed by atoms with Crippen molar-refractivity contribution in [2.75, 3.05) is 16.3 Å². The molecule has 2 saturated heterocycles. The molecule has 6 rings (SSSR count). The Bertz CT molecular complexity index is 1220. The number of nitrogens with zero attached hydrogens (tertiary/aromatic N) is 2. The normalized spacial score (nSPS) is 29.3. The van der Waals surface area contributed by atoms with E-state index >= 15 is 0 Å². The zero-order valence-corrected chi connectivity index (χ0v) is 19.9. The Labute approximate surface area is 204 Å². The third-order valence-corrected chi connectivity index (χ3v) is 8.39. The van der Waals surface area contributed by atoms with E-state index in [1.165, 1.54) is 4.90 Å². The number of anilines is 2. The van der Waals surface area contributed by atoms with Crippen LogP contribution in [0.15, 0.2) is 42.5 Å². The maximum atomic E-state index is 13.1. The molecule has 0 spiro atoms. The zero-order valence-electron chi connectivity index (χ0n) is 19.9. The first kappa shape index (κ1) is 22.0. The second kappa shape index (κ2) is 8.04. The van der Waals surface area contributed by atoms with Crippen LogP contribution in [0.25, 0.3) is 0 Å². The van der Waals surface area contributed by atoms with Gasteiger partial charge in [-0.15, -0.1) is 0 Å². The second-order valence-electron chi connectivity index (χ2n) is 10.5. The number of carbonyl (C=O) groups excluding carboxylic acids is 4. The van der Waals surface area contributed by atoms with Crippen molar-refractivity contribution in [3.05, 3.63) is 53.6 Å². The summed E-state index contributed by atoms with van der Waals surface area (Å²) < 4.78 is 5.64. The standard InChI is InChI=1S/C28H28N2O5/c1-15-5-3-6-16(2)25(15)29-14-19(12-22(29)31)28(34)35-21-8-4-7-20(13-21)30-26(32)23-17-9-10-18(11-17)24(23)27(30)33/h3-8,13,17-19,23-24H,9-12,14H2,1-2H3/t17-,18-,19+,23+,24+/m0/s1. The number of amides is 3. The Balaban J connectivity index is 1.18. The number of hydrogen-bond acceptors (Lipinski definition) is 5. The molecule has 0 unspecified atom stereocenters.